The van der Waals surface area contributed by atoms with E-state index in [4.69, 9.17) is 0 Å². The Balaban J connectivity index is 2.68. The lowest BCUT2D eigenvalue weighted by Crippen LogP contribution is -2.22. The summed E-state index contributed by atoms with van der Waals surface area (Å²) >= 11 is 1.75. The predicted octanol–water partition coefficient (Wildman–Crippen LogP) is 2.86. The zero-order valence-electron chi connectivity index (χ0n) is 10.4. The van der Waals surface area contributed by atoms with E-state index in [0.717, 1.165) is 23.2 Å². The van der Waals surface area contributed by atoms with E-state index in [1.807, 2.05) is 6.92 Å². The standard InChI is InChI=1S/C15H17NS/c1-4-8-14(13-9-6-5-7-10-13)15-11(2)16-12(3)17-15/h5-7,9-10H,2,4,8H2,1,3H3/b15-14-. The zero-order chi connectivity index (χ0) is 12.3. The Kier molecular flexibility index (Phi) is 3.75. The van der Waals surface area contributed by atoms with Gasteiger partial charge in [-0.1, -0.05) is 50.3 Å². The summed E-state index contributed by atoms with van der Waals surface area (Å²) in [5.41, 5.74) is 2.67. The van der Waals surface area contributed by atoms with Crippen molar-refractivity contribution in [3.05, 3.63) is 50.8 Å². The van der Waals surface area contributed by atoms with Crippen molar-refractivity contribution in [1.29, 1.82) is 0 Å². The molecule has 0 bridgehead atoms. The lowest BCUT2D eigenvalue weighted by atomic mass is 10.0. The quantitative estimate of drug-likeness (QED) is 0.808. The SMILES string of the molecule is C=c1nc(C)s/c1=C(/CCC)c1ccccc1. The molecular formula is C15H17NS. The maximum atomic E-state index is 4.43. The van der Waals surface area contributed by atoms with E-state index >= 15 is 0 Å². The number of aryl methyl sites for hydroxylation is 1. The third-order valence-corrected chi connectivity index (χ3v) is 3.77. The molecule has 1 aromatic carbocycles. The highest BCUT2D eigenvalue weighted by atomic mass is 32.1. The van der Waals surface area contributed by atoms with Crippen LogP contribution in [0.3, 0.4) is 0 Å². The van der Waals surface area contributed by atoms with Crippen LogP contribution in [-0.2, 0) is 0 Å². The molecule has 0 aliphatic heterocycles. The molecule has 1 aromatic heterocycles. The van der Waals surface area contributed by atoms with Crippen LogP contribution in [0.2, 0.25) is 0 Å². The first kappa shape index (κ1) is 12.1. The van der Waals surface area contributed by atoms with Gasteiger partial charge in [-0.05, 0) is 24.5 Å². The van der Waals surface area contributed by atoms with Gasteiger partial charge in [-0.2, -0.15) is 0 Å². The molecule has 17 heavy (non-hydrogen) atoms. The van der Waals surface area contributed by atoms with Gasteiger partial charge >= 0.3 is 0 Å². The molecule has 0 aliphatic rings. The largest absolute Gasteiger partial charge is 0.242 e. The molecule has 0 saturated heterocycles. The minimum atomic E-state index is 0.916. The summed E-state index contributed by atoms with van der Waals surface area (Å²) in [6.07, 6.45) is 2.22. The van der Waals surface area contributed by atoms with E-state index in [0.29, 0.717) is 0 Å². The van der Waals surface area contributed by atoms with Crippen LogP contribution in [0.15, 0.2) is 30.3 Å². The lowest BCUT2D eigenvalue weighted by molar-refractivity contribution is 0.969. The molecule has 0 radical (unpaired) electrons. The summed E-state index contributed by atoms with van der Waals surface area (Å²) in [5.74, 6) is 0. The van der Waals surface area contributed by atoms with Crippen LogP contribution < -0.4 is 9.88 Å². The topological polar surface area (TPSA) is 12.9 Å². The van der Waals surface area contributed by atoms with Crippen molar-refractivity contribution in [2.24, 2.45) is 0 Å². The highest BCUT2D eigenvalue weighted by Crippen LogP contribution is 2.16. The minimum absolute atomic E-state index is 0.916. The van der Waals surface area contributed by atoms with E-state index in [2.05, 4.69) is 48.8 Å². The maximum Gasteiger partial charge on any atom is 0.0907 e. The number of hydrogen-bond donors (Lipinski definition) is 0. The van der Waals surface area contributed by atoms with E-state index in [-0.39, 0.29) is 0 Å². The second-order valence-electron chi connectivity index (χ2n) is 4.10. The molecule has 1 nitrogen and oxygen atoms in total. The van der Waals surface area contributed by atoms with Crippen molar-refractivity contribution in [1.82, 2.24) is 4.98 Å². The first-order valence-corrected chi connectivity index (χ1v) is 6.75. The molecule has 0 N–H and O–H groups in total. The molecule has 0 spiro atoms. The Morgan fingerprint density at radius 3 is 2.53 bits per heavy atom. The highest BCUT2D eigenvalue weighted by molar-refractivity contribution is 7.09. The summed E-state index contributed by atoms with van der Waals surface area (Å²) < 4.78 is 1.25. The van der Waals surface area contributed by atoms with E-state index in [1.54, 1.807) is 11.3 Å². The van der Waals surface area contributed by atoms with Crippen molar-refractivity contribution in [3.8, 4) is 0 Å². The summed E-state index contributed by atoms with van der Waals surface area (Å²) in [4.78, 5) is 4.43. The molecule has 2 aromatic rings. The molecule has 2 rings (SSSR count). The van der Waals surface area contributed by atoms with Gasteiger partial charge in [0.1, 0.15) is 0 Å². The normalized spacial score (nSPS) is 12.6. The third kappa shape index (κ3) is 2.64. The Labute approximate surface area is 106 Å². The van der Waals surface area contributed by atoms with E-state index in [1.165, 1.54) is 15.7 Å². The van der Waals surface area contributed by atoms with Crippen molar-refractivity contribution < 1.29 is 0 Å². The van der Waals surface area contributed by atoms with Gasteiger partial charge in [0.15, 0.2) is 0 Å². The fourth-order valence-corrected chi connectivity index (χ4v) is 2.94. The van der Waals surface area contributed by atoms with Crippen LogP contribution >= 0.6 is 11.3 Å². The average Bonchev–Trinajstić information content (AvgIpc) is 2.66. The molecule has 0 aliphatic carbocycles. The zero-order valence-corrected chi connectivity index (χ0v) is 11.2. The van der Waals surface area contributed by atoms with E-state index < -0.39 is 0 Å². The van der Waals surface area contributed by atoms with Crippen LogP contribution in [0.1, 0.15) is 30.3 Å². The van der Waals surface area contributed by atoms with Gasteiger partial charge in [0.25, 0.3) is 0 Å². The molecule has 0 fully saturated rings. The number of aromatic nitrogens is 1. The predicted molar refractivity (Wildman–Crippen MR) is 75.5 cm³/mol. The van der Waals surface area contributed by atoms with Gasteiger partial charge < -0.3 is 0 Å². The molecule has 2 heteroatoms. The fraction of sp³-hybridized carbons (Fsp3) is 0.267. The van der Waals surface area contributed by atoms with Crippen molar-refractivity contribution in [2.75, 3.05) is 0 Å². The van der Waals surface area contributed by atoms with Gasteiger partial charge in [0.2, 0.25) is 0 Å². The number of hydrogen-bond acceptors (Lipinski definition) is 2. The number of nitrogens with zero attached hydrogens (tertiary/aromatic N) is 1. The van der Waals surface area contributed by atoms with Gasteiger partial charge in [-0.25, -0.2) is 4.98 Å². The van der Waals surface area contributed by atoms with Gasteiger partial charge in [0.05, 0.1) is 14.9 Å². The lowest BCUT2D eigenvalue weighted by Gasteiger charge is -2.04. The molecule has 0 unspecified atom stereocenters. The first-order chi connectivity index (χ1) is 8.22. The Morgan fingerprint density at radius 2 is 2.00 bits per heavy atom. The van der Waals surface area contributed by atoms with Crippen LogP contribution in [0.25, 0.3) is 12.2 Å². The molecule has 0 atom stereocenters. The Morgan fingerprint density at radius 1 is 1.29 bits per heavy atom. The highest BCUT2D eigenvalue weighted by Gasteiger charge is 2.04. The van der Waals surface area contributed by atoms with Crippen molar-refractivity contribution in [3.63, 3.8) is 0 Å². The summed E-state index contributed by atoms with van der Waals surface area (Å²) in [6.45, 7) is 8.30. The van der Waals surface area contributed by atoms with Gasteiger partial charge in [-0.15, -0.1) is 11.3 Å². The van der Waals surface area contributed by atoms with Gasteiger partial charge in [0, 0.05) is 0 Å². The minimum Gasteiger partial charge on any atom is -0.242 e. The molecular weight excluding hydrogens is 226 g/mol. The molecule has 88 valence electrons. The summed E-state index contributed by atoms with van der Waals surface area (Å²) in [7, 11) is 0. The monoisotopic (exact) mass is 243 g/mol. The van der Waals surface area contributed by atoms with Crippen LogP contribution in [-0.4, -0.2) is 4.98 Å². The van der Waals surface area contributed by atoms with Gasteiger partial charge in [-0.3, -0.25) is 0 Å². The maximum absolute atomic E-state index is 4.43. The second kappa shape index (κ2) is 5.28. The molecule has 0 saturated carbocycles. The Bertz CT molecular complexity index is 596. The first-order valence-electron chi connectivity index (χ1n) is 5.93. The Hall–Kier alpha value is -1.41. The van der Waals surface area contributed by atoms with Crippen LogP contribution in [0.5, 0.6) is 0 Å². The third-order valence-electron chi connectivity index (χ3n) is 2.70. The van der Waals surface area contributed by atoms with Crippen molar-refractivity contribution >= 4 is 23.5 Å². The average molecular weight is 243 g/mol. The second-order valence-corrected chi connectivity index (χ2v) is 5.31. The molecule has 0 amide bonds. The smallest absolute Gasteiger partial charge is 0.0907 e. The fourth-order valence-electron chi connectivity index (χ4n) is 1.98. The molecule has 1 heterocycles. The number of rotatable bonds is 3. The number of thiazole rings is 1. The van der Waals surface area contributed by atoms with Crippen LogP contribution in [0, 0.1) is 6.92 Å². The number of benzene rings is 1. The van der Waals surface area contributed by atoms with Crippen LogP contribution in [0.4, 0.5) is 0 Å². The summed E-state index contributed by atoms with van der Waals surface area (Å²) in [6, 6.07) is 10.6. The summed E-state index contributed by atoms with van der Waals surface area (Å²) in [5, 5.41) is 2.01. The van der Waals surface area contributed by atoms with E-state index in [9.17, 15) is 0 Å². The van der Waals surface area contributed by atoms with Crippen molar-refractivity contribution in [2.45, 2.75) is 26.7 Å².